The van der Waals surface area contributed by atoms with Crippen LogP contribution in [0.4, 0.5) is 0 Å². The molecule has 1 saturated heterocycles. The molecule has 4 N–H and O–H groups in total. The van der Waals surface area contributed by atoms with Crippen molar-refractivity contribution < 1.29 is 34.7 Å². The molecule has 4 rings (SSSR count). The Hall–Kier alpha value is -2.95. The number of pyridine rings is 1. The summed E-state index contributed by atoms with van der Waals surface area (Å²) in [6.07, 6.45) is -1.25. The van der Waals surface area contributed by atoms with E-state index in [1.54, 1.807) is 24.5 Å². The van der Waals surface area contributed by atoms with Crippen molar-refractivity contribution in [3.8, 4) is 5.75 Å². The van der Waals surface area contributed by atoms with E-state index in [9.17, 15) is 25.2 Å². The van der Waals surface area contributed by atoms with E-state index in [2.05, 4.69) is 9.98 Å². The highest BCUT2D eigenvalue weighted by molar-refractivity contribution is 6.15. The number of nitrogens with zero attached hydrogens (tertiary/aromatic N) is 2. The highest BCUT2D eigenvalue weighted by atomic mass is 16.6. The van der Waals surface area contributed by atoms with Gasteiger partial charge in [-0.15, -0.1) is 0 Å². The van der Waals surface area contributed by atoms with E-state index in [0.717, 1.165) is 41.8 Å². The molecule has 0 saturated carbocycles. The van der Waals surface area contributed by atoms with E-state index < -0.39 is 36.5 Å². The number of rotatable bonds is 5. The fraction of sp³-hybridized carbons (Fsp3) is 0.375. The molecule has 0 aliphatic carbocycles. The number of allylic oxidation sites excluding steroid dienone is 1. The molecule has 9 nitrogen and oxygen atoms in total. The zero-order valence-corrected chi connectivity index (χ0v) is 18.0. The quantitative estimate of drug-likeness (QED) is 0.485. The first-order chi connectivity index (χ1) is 15.9. The van der Waals surface area contributed by atoms with Crippen molar-refractivity contribution in [1.29, 1.82) is 0 Å². The second kappa shape index (κ2) is 9.90. The number of carbonyl (C=O) groups is 1. The van der Waals surface area contributed by atoms with E-state index in [1.165, 1.54) is 13.2 Å². The Morgan fingerprint density at radius 3 is 2.70 bits per heavy atom. The number of aliphatic hydroxyl groups excluding tert-OH is 4. The number of aliphatic imine (C=N–C) groups is 1. The molecule has 1 aromatic carbocycles. The number of ketones is 1. The van der Waals surface area contributed by atoms with Crippen LogP contribution < -0.4 is 4.74 Å². The Morgan fingerprint density at radius 1 is 1.15 bits per heavy atom. The lowest BCUT2D eigenvalue weighted by Gasteiger charge is -2.37. The van der Waals surface area contributed by atoms with Gasteiger partial charge in [-0.2, -0.15) is 0 Å². The van der Waals surface area contributed by atoms with Gasteiger partial charge in [-0.3, -0.25) is 14.8 Å². The fourth-order valence-corrected chi connectivity index (χ4v) is 4.01. The zero-order chi connectivity index (χ0) is 23.5. The normalized spacial score (nSPS) is 28.9. The molecular formula is C24H26N2O7. The third-order valence-corrected chi connectivity index (χ3v) is 5.81. The summed E-state index contributed by atoms with van der Waals surface area (Å²) >= 11 is 0. The first-order valence-corrected chi connectivity index (χ1v) is 10.7. The summed E-state index contributed by atoms with van der Waals surface area (Å²) in [7, 11) is 1.48. The lowest BCUT2D eigenvalue weighted by Crippen LogP contribution is -2.59. The summed E-state index contributed by atoms with van der Waals surface area (Å²) in [5.74, 6) is -0.226. The third-order valence-electron chi connectivity index (χ3n) is 5.81. The summed E-state index contributed by atoms with van der Waals surface area (Å²) < 4.78 is 10.6. The molecule has 0 unspecified atom stereocenters. The number of hydrogen-bond acceptors (Lipinski definition) is 9. The van der Waals surface area contributed by atoms with Gasteiger partial charge >= 0.3 is 0 Å². The number of methoxy groups -OCH3 is 1. The van der Waals surface area contributed by atoms with Crippen LogP contribution >= 0.6 is 0 Å². The molecule has 1 aromatic heterocycles. The van der Waals surface area contributed by atoms with Crippen LogP contribution in [0.15, 0.2) is 53.3 Å². The average molecular weight is 454 g/mol. The highest BCUT2D eigenvalue weighted by Gasteiger charge is 2.46. The molecule has 0 bridgehead atoms. The van der Waals surface area contributed by atoms with Crippen LogP contribution in [0.1, 0.15) is 34.3 Å². The topological polar surface area (TPSA) is 142 Å². The molecule has 9 heteroatoms. The monoisotopic (exact) mass is 454 g/mol. The molecule has 3 heterocycles. The lowest BCUT2D eigenvalue weighted by atomic mass is 9.91. The second-order valence-electron chi connectivity index (χ2n) is 7.99. The van der Waals surface area contributed by atoms with E-state index in [1.807, 2.05) is 18.2 Å². The smallest absolute Gasteiger partial charge is 0.194 e. The molecule has 0 radical (unpaired) electrons. The van der Waals surface area contributed by atoms with Crippen molar-refractivity contribution in [3.05, 3.63) is 65.0 Å². The number of hydrogen-bond donors (Lipinski definition) is 4. The van der Waals surface area contributed by atoms with Crippen LogP contribution in [-0.2, 0) is 4.74 Å². The summed E-state index contributed by atoms with van der Waals surface area (Å²) in [4.78, 5) is 21.8. The molecule has 0 spiro atoms. The van der Waals surface area contributed by atoms with Gasteiger partial charge in [-0.05, 0) is 42.7 Å². The Bertz CT molecular complexity index is 1070. The summed E-state index contributed by atoms with van der Waals surface area (Å²) in [5.41, 5.74) is 3.73. The molecular weight excluding hydrogens is 428 g/mol. The first-order valence-electron chi connectivity index (χ1n) is 10.7. The standard InChI is InChI=1S/C24H26N2O7/c1-32-17-11-15(19(27)23-21(29)20(28)22(30)24(31)33-23)7-6-13(17)10-14-4-3-9-26-18(14)16-5-2-8-25-12-16/h2,5-8,10-12,20-24,28-31H,3-4,9H2,1H3/b14-10+/t20-,21-,22+,23+,24+/m0/s1. The number of Topliss-reactive ketones (excluding diaryl/α,β-unsaturated/α-hetero) is 1. The van der Waals surface area contributed by atoms with Gasteiger partial charge in [0.2, 0.25) is 0 Å². The average Bonchev–Trinajstić information content (AvgIpc) is 2.85. The molecule has 1 fully saturated rings. The van der Waals surface area contributed by atoms with Crippen molar-refractivity contribution in [1.82, 2.24) is 4.98 Å². The first kappa shape index (κ1) is 23.2. The minimum Gasteiger partial charge on any atom is -0.496 e. The van der Waals surface area contributed by atoms with Gasteiger partial charge in [0, 0.05) is 35.6 Å². The maximum Gasteiger partial charge on any atom is 0.194 e. The number of aromatic nitrogens is 1. The number of aliphatic hydroxyl groups is 4. The summed E-state index contributed by atoms with van der Waals surface area (Å²) in [6, 6.07) is 8.60. The van der Waals surface area contributed by atoms with Crippen molar-refractivity contribution in [2.24, 2.45) is 4.99 Å². The van der Waals surface area contributed by atoms with Crippen molar-refractivity contribution in [2.75, 3.05) is 13.7 Å². The van der Waals surface area contributed by atoms with Gasteiger partial charge in [0.15, 0.2) is 18.2 Å². The highest BCUT2D eigenvalue weighted by Crippen LogP contribution is 2.29. The lowest BCUT2D eigenvalue weighted by molar-refractivity contribution is -0.269. The number of ether oxygens (including phenoxy) is 2. The second-order valence-corrected chi connectivity index (χ2v) is 7.99. The Morgan fingerprint density at radius 2 is 1.97 bits per heavy atom. The van der Waals surface area contributed by atoms with Gasteiger partial charge < -0.3 is 29.9 Å². The summed E-state index contributed by atoms with van der Waals surface area (Å²) in [6.45, 7) is 0.738. The zero-order valence-electron chi connectivity index (χ0n) is 18.0. The Balaban J connectivity index is 1.63. The minimum atomic E-state index is -1.79. The van der Waals surface area contributed by atoms with Crippen LogP contribution in [0.25, 0.3) is 6.08 Å². The molecule has 33 heavy (non-hydrogen) atoms. The fourth-order valence-electron chi connectivity index (χ4n) is 4.01. The SMILES string of the molecule is COc1cc(C(=O)[C@H]2O[C@@H](O)[C@H](O)[C@@H](O)[C@@H]2O)ccc1/C=C1\CCCN=C1c1cccnc1. The predicted octanol–water partition coefficient (Wildman–Crippen LogP) is 0.739. The largest absolute Gasteiger partial charge is 0.496 e. The van der Waals surface area contributed by atoms with Crippen LogP contribution in [0.2, 0.25) is 0 Å². The Labute approximate surface area is 190 Å². The van der Waals surface area contributed by atoms with Gasteiger partial charge in [0.1, 0.15) is 24.1 Å². The maximum absolute atomic E-state index is 12.9. The van der Waals surface area contributed by atoms with Gasteiger partial charge in [-0.25, -0.2) is 0 Å². The van der Waals surface area contributed by atoms with Crippen LogP contribution in [0, 0.1) is 0 Å². The maximum atomic E-state index is 12.9. The van der Waals surface area contributed by atoms with Gasteiger partial charge in [-0.1, -0.05) is 12.1 Å². The van der Waals surface area contributed by atoms with Crippen molar-refractivity contribution in [2.45, 2.75) is 43.5 Å². The van der Waals surface area contributed by atoms with Crippen molar-refractivity contribution in [3.63, 3.8) is 0 Å². The predicted molar refractivity (Wildman–Crippen MR) is 119 cm³/mol. The van der Waals surface area contributed by atoms with E-state index in [0.29, 0.717) is 5.75 Å². The van der Waals surface area contributed by atoms with E-state index in [-0.39, 0.29) is 5.56 Å². The van der Waals surface area contributed by atoms with Crippen LogP contribution in [0.3, 0.4) is 0 Å². The summed E-state index contributed by atoms with van der Waals surface area (Å²) in [5, 5.41) is 39.4. The molecule has 2 aliphatic heterocycles. The van der Waals surface area contributed by atoms with E-state index >= 15 is 0 Å². The molecule has 2 aliphatic rings. The van der Waals surface area contributed by atoms with Crippen LogP contribution in [-0.4, -0.2) is 81.3 Å². The minimum absolute atomic E-state index is 0.165. The third kappa shape index (κ3) is 4.73. The molecule has 5 atom stereocenters. The van der Waals surface area contributed by atoms with Gasteiger partial charge in [0.05, 0.1) is 12.8 Å². The van der Waals surface area contributed by atoms with E-state index in [4.69, 9.17) is 9.47 Å². The molecule has 2 aromatic rings. The number of carbonyl (C=O) groups excluding carboxylic acids is 1. The molecule has 0 amide bonds. The Kier molecular flexibility index (Phi) is 6.96. The number of benzene rings is 1. The molecule has 174 valence electrons. The van der Waals surface area contributed by atoms with Gasteiger partial charge in [0.25, 0.3) is 0 Å². The van der Waals surface area contributed by atoms with Crippen molar-refractivity contribution >= 4 is 17.6 Å². The van der Waals surface area contributed by atoms with Crippen LogP contribution in [0.5, 0.6) is 5.75 Å².